The number of amides is 2. The van der Waals surface area contributed by atoms with Crippen LogP contribution in [0.4, 0.5) is 4.79 Å². The number of hydrogen-bond donors (Lipinski definition) is 2. The predicted octanol–water partition coefficient (Wildman–Crippen LogP) is 2.67. The van der Waals surface area contributed by atoms with Crippen LogP contribution in [0.25, 0.3) is 0 Å². The number of nitrogens with zero attached hydrogens (tertiary/aromatic N) is 1. The first-order valence-corrected chi connectivity index (χ1v) is 8.88. The average Bonchev–Trinajstić information content (AvgIpc) is 3.07. The molecule has 0 bridgehead atoms. The Morgan fingerprint density at radius 2 is 2.12 bits per heavy atom. The molecule has 2 atom stereocenters. The van der Waals surface area contributed by atoms with Crippen molar-refractivity contribution in [3.63, 3.8) is 0 Å². The van der Waals surface area contributed by atoms with Gasteiger partial charge in [-0.25, -0.2) is 9.59 Å². The minimum atomic E-state index is -1.03. The number of ether oxygens (including phenoxy) is 1. The minimum absolute atomic E-state index is 0.0207. The van der Waals surface area contributed by atoms with Crippen LogP contribution in [0.5, 0.6) is 0 Å². The zero-order valence-electron chi connectivity index (χ0n) is 14.8. The molecule has 1 heterocycles. The van der Waals surface area contributed by atoms with E-state index in [0.29, 0.717) is 24.4 Å². The number of carbonyl (C=O) groups excluding carboxylic acids is 2. The van der Waals surface area contributed by atoms with Crippen molar-refractivity contribution in [1.82, 2.24) is 10.2 Å². The third-order valence-electron chi connectivity index (χ3n) is 4.29. The maximum Gasteiger partial charge on any atom is 0.408 e. The van der Waals surface area contributed by atoms with Gasteiger partial charge in [-0.05, 0) is 36.5 Å². The molecule has 1 aromatic carbocycles. The summed E-state index contributed by atoms with van der Waals surface area (Å²) >= 11 is 5.89. The summed E-state index contributed by atoms with van der Waals surface area (Å²) < 4.78 is 5.16. The third-order valence-corrected chi connectivity index (χ3v) is 4.52. The van der Waals surface area contributed by atoms with Gasteiger partial charge in [0.1, 0.15) is 18.7 Å². The lowest BCUT2D eigenvalue weighted by Gasteiger charge is -2.29. The molecule has 0 aliphatic carbocycles. The monoisotopic (exact) mass is 382 g/mol. The molecule has 142 valence electrons. The van der Waals surface area contributed by atoms with Crippen molar-refractivity contribution in [3.8, 4) is 0 Å². The summed E-state index contributed by atoms with van der Waals surface area (Å²) in [4.78, 5) is 37.5. The Hall–Kier alpha value is -2.28. The number of alkyl carbamates (subject to hydrolysis) is 1. The fourth-order valence-electron chi connectivity index (χ4n) is 2.92. The summed E-state index contributed by atoms with van der Waals surface area (Å²) in [6, 6.07) is 5.23. The van der Waals surface area contributed by atoms with Crippen LogP contribution < -0.4 is 5.32 Å². The number of hydrogen-bond acceptors (Lipinski definition) is 4. The largest absolute Gasteiger partial charge is 0.480 e. The fourth-order valence-corrected chi connectivity index (χ4v) is 3.14. The van der Waals surface area contributed by atoms with Crippen LogP contribution in [-0.4, -0.2) is 46.6 Å². The maximum absolute atomic E-state index is 12.7. The number of nitrogens with one attached hydrogen (secondary N) is 1. The van der Waals surface area contributed by atoms with Crippen molar-refractivity contribution in [3.05, 3.63) is 34.9 Å². The lowest BCUT2D eigenvalue weighted by molar-refractivity contribution is -0.149. The summed E-state index contributed by atoms with van der Waals surface area (Å²) in [7, 11) is 0. The number of halogens is 1. The summed E-state index contributed by atoms with van der Waals surface area (Å²) in [6.07, 6.45) is 0.320. The van der Waals surface area contributed by atoms with Crippen molar-refractivity contribution in [2.24, 2.45) is 5.92 Å². The standard InChI is InChI=1S/C18H23ClN2O5/c1-11(2)15(16(22)21-8-4-7-14(21)17(23)24)20-18(25)26-10-12-5-3-6-13(19)9-12/h3,5-6,9,11,14-15H,4,7-8,10H2,1-2H3,(H,20,25)(H,23,24)/t14-,15?/m0/s1. The first-order chi connectivity index (χ1) is 12.3. The van der Waals surface area contributed by atoms with E-state index in [1.54, 1.807) is 38.1 Å². The van der Waals surface area contributed by atoms with Crippen LogP contribution in [0, 0.1) is 5.92 Å². The van der Waals surface area contributed by atoms with Gasteiger partial charge in [0.05, 0.1) is 0 Å². The van der Waals surface area contributed by atoms with E-state index in [2.05, 4.69) is 5.32 Å². The van der Waals surface area contributed by atoms with Crippen molar-refractivity contribution in [2.75, 3.05) is 6.54 Å². The molecule has 2 N–H and O–H groups in total. The molecule has 0 aromatic heterocycles. The molecule has 0 saturated carbocycles. The highest BCUT2D eigenvalue weighted by atomic mass is 35.5. The van der Waals surface area contributed by atoms with Crippen molar-refractivity contribution < 1.29 is 24.2 Å². The highest BCUT2D eigenvalue weighted by Crippen LogP contribution is 2.20. The Labute approximate surface area is 157 Å². The van der Waals surface area contributed by atoms with E-state index in [1.807, 2.05) is 0 Å². The average molecular weight is 383 g/mol. The van der Waals surface area contributed by atoms with Crippen LogP contribution in [0.2, 0.25) is 5.02 Å². The van der Waals surface area contributed by atoms with Gasteiger partial charge in [-0.2, -0.15) is 0 Å². The molecule has 1 aliphatic heterocycles. The second-order valence-corrected chi connectivity index (χ2v) is 7.04. The van der Waals surface area contributed by atoms with Gasteiger partial charge in [0, 0.05) is 11.6 Å². The lowest BCUT2D eigenvalue weighted by atomic mass is 10.0. The summed E-state index contributed by atoms with van der Waals surface area (Å²) in [6.45, 7) is 3.96. The van der Waals surface area contributed by atoms with Gasteiger partial charge >= 0.3 is 12.1 Å². The van der Waals surface area contributed by atoms with E-state index in [4.69, 9.17) is 16.3 Å². The van der Waals surface area contributed by atoms with Crippen LogP contribution in [0.1, 0.15) is 32.3 Å². The van der Waals surface area contributed by atoms with Gasteiger partial charge in [0.25, 0.3) is 0 Å². The van der Waals surface area contributed by atoms with Crippen molar-refractivity contribution in [1.29, 1.82) is 0 Å². The maximum atomic E-state index is 12.7. The molecule has 1 unspecified atom stereocenters. The summed E-state index contributed by atoms with van der Waals surface area (Å²) in [5, 5.41) is 12.3. The molecule has 7 nitrogen and oxygen atoms in total. The third kappa shape index (κ3) is 5.11. The molecule has 0 spiro atoms. The molecule has 2 rings (SSSR count). The van der Waals surface area contributed by atoms with E-state index in [1.165, 1.54) is 4.90 Å². The highest BCUT2D eigenvalue weighted by molar-refractivity contribution is 6.30. The van der Waals surface area contributed by atoms with Gasteiger partial charge < -0.3 is 20.1 Å². The normalized spacial score (nSPS) is 17.8. The Morgan fingerprint density at radius 3 is 2.73 bits per heavy atom. The van der Waals surface area contributed by atoms with E-state index < -0.39 is 30.1 Å². The number of carboxylic acids is 1. The molecule has 8 heteroatoms. The number of benzene rings is 1. The predicted molar refractivity (Wildman–Crippen MR) is 95.8 cm³/mol. The quantitative estimate of drug-likeness (QED) is 0.788. The molecular formula is C18H23ClN2O5. The first-order valence-electron chi connectivity index (χ1n) is 8.50. The molecule has 26 heavy (non-hydrogen) atoms. The first kappa shape index (κ1) is 20.0. The molecular weight excluding hydrogens is 360 g/mol. The Morgan fingerprint density at radius 1 is 1.38 bits per heavy atom. The zero-order valence-corrected chi connectivity index (χ0v) is 15.5. The van der Waals surface area contributed by atoms with E-state index in [9.17, 15) is 19.5 Å². The van der Waals surface area contributed by atoms with Gasteiger partial charge in [0.2, 0.25) is 5.91 Å². The molecule has 2 amide bonds. The SMILES string of the molecule is CC(C)C(NC(=O)OCc1cccc(Cl)c1)C(=O)N1CCC[C@H]1C(=O)O. The molecule has 0 radical (unpaired) electrons. The second-order valence-electron chi connectivity index (χ2n) is 6.60. The number of rotatable bonds is 6. The van der Waals surface area contributed by atoms with Crippen LogP contribution in [0.3, 0.4) is 0 Å². The zero-order chi connectivity index (χ0) is 19.3. The molecule has 1 fully saturated rings. The smallest absolute Gasteiger partial charge is 0.408 e. The topological polar surface area (TPSA) is 95.9 Å². The highest BCUT2D eigenvalue weighted by Gasteiger charge is 2.38. The van der Waals surface area contributed by atoms with Crippen LogP contribution >= 0.6 is 11.6 Å². The van der Waals surface area contributed by atoms with Gasteiger partial charge in [0.15, 0.2) is 0 Å². The van der Waals surface area contributed by atoms with Crippen molar-refractivity contribution in [2.45, 2.75) is 45.4 Å². The van der Waals surface area contributed by atoms with E-state index >= 15 is 0 Å². The number of carbonyl (C=O) groups is 3. The second kappa shape index (κ2) is 8.89. The number of likely N-dealkylation sites (tertiary alicyclic amines) is 1. The van der Waals surface area contributed by atoms with Crippen molar-refractivity contribution >= 4 is 29.6 Å². The van der Waals surface area contributed by atoms with Gasteiger partial charge in [-0.3, -0.25) is 4.79 Å². The lowest BCUT2D eigenvalue weighted by Crippen LogP contribution is -2.53. The molecule has 1 aromatic rings. The van der Waals surface area contributed by atoms with E-state index in [-0.39, 0.29) is 12.5 Å². The Balaban J connectivity index is 1.97. The van der Waals surface area contributed by atoms with E-state index in [0.717, 1.165) is 5.56 Å². The Kier molecular flexibility index (Phi) is 6.85. The summed E-state index contributed by atoms with van der Waals surface area (Å²) in [5.74, 6) is -1.64. The Bertz CT molecular complexity index is 679. The fraction of sp³-hybridized carbons (Fsp3) is 0.500. The molecule has 1 aliphatic rings. The minimum Gasteiger partial charge on any atom is -0.480 e. The van der Waals surface area contributed by atoms with Crippen LogP contribution in [-0.2, 0) is 20.9 Å². The number of carboxylic acid groups (broad SMARTS) is 1. The number of aliphatic carboxylic acids is 1. The van der Waals surface area contributed by atoms with Gasteiger partial charge in [-0.15, -0.1) is 0 Å². The molecule has 1 saturated heterocycles. The van der Waals surface area contributed by atoms with Gasteiger partial charge in [-0.1, -0.05) is 37.6 Å². The summed E-state index contributed by atoms with van der Waals surface area (Å²) in [5.41, 5.74) is 0.727. The van der Waals surface area contributed by atoms with Crippen LogP contribution in [0.15, 0.2) is 24.3 Å².